The number of nitrogens with zero attached hydrogens (tertiary/aromatic N) is 5. The average molecular weight is 493 g/mol. The summed E-state index contributed by atoms with van der Waals surface area (Å²) in [5.41, 5.74) is 6.03. The highest BCUT2D eigenvalue weighted by Gasteiger charge is 2.37. The van der Waals surface area contributed by atoms with Crippen LogP contribution in [0.5, 0.6) is 0 Å². The first kappa shape index (κ1) is 23.3. The third-order valence-electron chi connectivity index (χ3n) is 5.17. The molecule has 9 nitrogen and oxygen atoms in total. The molecule has 0 spiro atoms. The number of fused-ring (bicyclic) bond motifs is 1. The lowest BCUT2D eigenvalue weighted by Crippen LogP contribution is -2.45. The minimum Gasteiger partial charge on any atom is -0.319 e. The fraction of sp³-hybridized carbons (Fsp3) is 0.333. The molecule has 33 heavy (non-hydrogen) atoms. The molecule has 2 N–H and O–H groups in total. The summed E-state index contributed by atoms with van der Waals surface area (Å²) in [4.78, 5) is 15.4. The highest BCUT2D eigenvalue weighted by Crippen LogP contribution is 2.36. The first-order chi connectivity index (χ1) is 15.4. The van der Waals surface area contributed by atoms with Crippen molar-refractivity contribution in [2.75, 3.05) is 10.7 Å². The van der Waals surface area contributed by atoms with Crippen molar-refractivity contribution in [3.05, 3.63) is 52.8 Å². The van der Waals surface area contributed by atoms with Crippen molar-refractivity contribution < 1.29 is 17.6 Å². The Hall–Kier alpha value is -2.89. The molecule has 1 aliphatic rings. The van der Waals surface area contributed by atoms with Crippen molar-refractivity contribution in [3.8, 4) is 11.4 Å². The van der Waals surface area contributed by atoms with Crippen molar-refractivity contribution >= 4 is 33.0 Å². The van der Waals surface area contributed by atoms with E-state index in [4.69, 9.17) is 17.3 Å². The van der Waals surface area contributed by atoms with Crippen molar-refractivity contribution in [1.82, 2.24) is 20.2 Å². The van der Waals surface area contributed by atoms with Gasteiger partial charge in [0.15, 0.2) is 9.84 Å². The van der Waals surface area contributed by atoms with Crippen LogP contribution in [-0.4, -0.2) is 46.3 Å². The van der Waals surface area contributed by atoms with Crippen LogP contribution in [0.15, 0.2) is 41.3 Å². The molecule has 0 saturated heterocycles. The molecule has 1 amide bonds. The van der Waals surface area contributed by atoms with Gasteiger partial charge in [-0.15, -0.1) is 10.2 Å². The third-order valence-corrected chi connectivity index (χ3v) is 7.21. The first-order valence-corrected chi connectivity index (χ1v) is 12.1. The van der Waals surface area contributed by atoms with Crippen LogP contribution in [0.25, 0.3) is 11.4 Å². The number of sulfone groups is 1. The first-order valence-electron chi connectivity index (χ1n) is 10.1. The minimum atomic E-state index is -4.04. The van der Waals surface area contributed by atoms with Crippen LogP contribution in [0.1, 0.15) is 26.3 Å². The van der Waals surface area contributed by atoms with Gasteiger partial charge in [0.1, 0.15) is 5.82 Å². The van der Waals surface area contributed by atoms with E-state index in [1.807, 2.05) is 20.8 Å². The lowest BCUT2D eigenvalue weighted by Gasteiger charge is -2.24. The Kier molecular flexibility index (Phi) is 5.75. The number of amides is 1. The zero-order valence-corrected chi connectivity index (χ0v) is 19.7. The number of nitrogens with two attached hydrogens (primary N) is 1. The molecule has 0 bridgehead atoms. The van der Waals surface area contributed by atoms with Gasteiger partial charge < -0.3 is 10.6 Å². The molecular formula is C21H22ClFN6O3S. The number of carbonyl (C=O) groups excluding carboxylic acids is 1. The summed E-state index contributed by atoms with van der Waals surface area (Å²) in [6.45, 7) is 5.57. The molecule has 2 heterocycles. The van der Waals surface area contributed by atoms with E-state index in [9.17, 15) is 13.2 Å². The van der Waals surface area contributed by atoms with Gasteiger partial charge in [-0.2, -0.15) is 4.80 Å². The minimum absolute atomic E-state index is 0.00593. The van der Waals surface area contributed by atoms with Crippen molar-refractivity contribution in [2.45, 2.75) is 43.8 Å². The van der Waals surface area contributed by atoms with Gasteiger partial charge in [0.25, 0.3) is 0 Å². The second-order valence-electron chi connectivity index (χ2n) is 8.81. The zero-order valence-electron chi connectivity index (χ0n) is 18.2. The van der Waals surface area contributed by atoms with E-state index in [0.29, 0.717) is 10.6 Å². The molecule has 3 aromatic rings. The van der Waals surface area contributed by atoms with Crippen LogP contribution in [-0.2, 0) is 26.7 Å². The summed E-state index contributed by atoms with van der Waals surface area (Å²) >= 11 is 5.95. The van der Waals surface area contributed by atoms with Crippen LogP contribution in [0.2, 0.25) is 5.02 Å². The van der Waals surface area contributed by atoms with Gasteiger partial charge in [0.05, 0.1) is 40.0 Å². The number of carbonyl (C=O) groups is 1. The SMILES string of the molecule is CC(C)(C)n1nnc(-c2cc3c(cc2F)S(=O)(=O)C[C@H](N)C(=O)N3Cc2ccc(Cl)cc2)n1. The number of halogens is 2. The Bertz CT molecular complexity index is 1340. The van der Waals surface area contributed by atoms with Gasteiger partial charge in [0, 0.05) is 5.02 Å². The van der Waals surface area contributed by atoms with E-state index in [1.54, 1.807) is 24.3 Å². The van der Waals surface area contributed by atoms with Crippen LogP contribution in [0.3, 0.4) is 0 Å². The summed E-state index contributed by atoms with van der Waals surface area (Å²) in [6, 6.07) is 7.57. The second kappa shape index (κ2) is 8.15. The quantitative estimate of drug-likeness (QED) is 0.595. The Morgan fingerprint density at radius 1 is 1.21 bits per heavy atom. The van der Waals surface area contributed by atoms with E-state index in [-0.39, 0.29) is 28.5 Å². The van der Waals surface area contributed by atoms with E-state index in [0.717, 1.165) is 6.07 Å². The normalized spacial score (nSPS) is 18.2. The summed E-state index contributed by atoms with van der Waals surface area (Å²) in [5.74, 6) is -2.11. The van der Waals surface area contributed by atoms with Gasteiger partial charge in [0.2, 0.25) is 11.7 Å². The van der Waals surface area contributed by atoms with Gasteiger partial charge in [-0.3, -0.25) is 4.79 Å². The molecule has 1 atom stereocenters. The zero-order chi connectivity index (χ0) is 24.1. The monoisotopic (exact) mass is 492 g/mol. The lowest BCUT2D eigenvalue weighted by molar-refractivity contribution is -0.119. The van der Waals surface area contributed by atoms with E-state index in [1.165, 1.54) is 15.8 Å². The van der Waals surface area contributed by atoms with Crippen LogP contribution in [0, 0.1) is 5.82 Å². The van der Waals surface area contributed by atoms with Crippen molar-refractivity contribution in [3.63, 3.8) is 0 Å². The van der Waals surface area contributed by atoms with Crippen LogP contribution >= 0.6 is 11.6 Å². The smallest absolute Gasteiger partial charge is 0.245 e. The Labute approximate surface area is 195 Å². The molecule has 174 valence electrons. The molecule has 0 aliphatic carbocycles. The second-order valence-corrected chi connectivity index (χ2v) is 11.3. The maximum absolute atomic E-state index is 15.1. The summed E-state index contributed by atoms with van der Waals surface area (Å²) in [5, 5.41) is 12.6. The molecule has 0 saturated carbocycles. The van der Waals surface area contributed by atoms with Crippen molar-refractivity contribution in [2.24, 2.45) is 5.73 Å². The van der Waals surface area contributed by atoms with Crippen molar-refractivity contribution in [1.29, 1.82) is 0 Å². The predicted molar refractivity (Wildman–Crippen MR) is 121 cm³/mol. The summed E-state index contributed by atoms with van der Waals surface area (Å²) < 4.78 is 41.0. The largest absolute Gasteiger partial charge is 0.319 e. The number of rotatable bonds is 3. The van der Waals surface area contributed by atoms with Crippen LogP contribution < -0.4 is 10.6 Å². The molecule has 0 radical (unpaired) electrons. The molecule has 2 aromatic carbocycles. The lowest BCUT2D eigenvalue weighted by atomic mass is 10.1. The molecule has 12 heteroatoms. The van der Waals surface area contributed by atoms with E-state index < -0.39 is 38.9 Å². The van der Waals surface area contributed by atoms with Gasteiger partial charge in [-0.25, -0.2) is 12.8 Å². The Morgan fingerprint density at radius 3 is 2.48 bits per heavy atom. The number of benzene rings is 2. The van der Waals surface area contributed by atoms with Crippen LogP contribution in [0.4, 0.5) is 10.1 Å². The summed E-state index contributed by atoms with van der Waals surface area (Å²) in [7, 11) is -4.04. The number of hydrogen-bond donors (Lipinski definition) is 1. The topological polar surface area (TPSA) is 124 Å². The highest BCUT2D eigenvalue weighted by atomic mass is 35.5. The maximum Gasteiger partial charge on any atom is 0.245 e. The molecule has 4 rings (SSSR count). The molecular weight excluding hydrogens is 471 g/mol. The maximum atomic E-state index is 15.1. The van der Waals surface area contributed by atoms with E-state index >= 15 is 4.39 Å². The highest BCUT2D eigenvalue weighted by molar-refractivity contribution is 7.91. The predicted octanol–water partition coefficient (Wildman–Crippen LogP) is 2.54. The van der Waals surface area contributed by atoms with Gasteiger partial charge in [-0.1, -0.05) is 23.7 Å². The van der Waals surface area contributed by atoms with Gasteiger partial charge >= 0.3 is 0 Å². The molecule has 1 aromatic heterocycles. The fourth-order valence-corrected chi connectivity index (χ4v) is 5.12. The molecule has 1 aliphatic heterocycles. The fourth-order valence-electron chi connectivity index (χ4n) is 3.43. The number of hydrogen-bond acceptors (Lipinski definition) is 7. The third kappa shape index (κ3) is 4.48. The average Bonchev–Trinajstić information content (AvgIpc) is 3.21. The number of tetrazole rings is 1. The van der Waals surface area contributed by atoms with Gasteiger partial charge in [-0.05, 0) is 55.8 Å². The number of aromatic nitrogens is 4. The Morgan fingerprint density at radius 2 is 1.88 bits per heavy atom. The summed E-state index contributed by atoms with van der Waals surface area (Å²) in [6.07, 6.45) is 0. The number of anilines is 1. The standard InChI is InChI=1S/C21H22ClFN6O3S/c1-21(2,3)29-26-19(25-27-29)14-8-17-18(9-15(14)23)33(31,32)11-16(24)20(30)28(17)10-12-4-6-13(22)7-5-12/h4-9,16H,10-11,24H2,1-3H3/t16-/m0/s1. The molecule has 0 fully saturated rings. The molecule has 0 unspecified atom stereocenters. The Balaban J connectivity index is 1.89. The van der Waals surface area contributed by atoms with E-state index in [2.05, 4.69) is 15.4 Å².